The van der Waals surface area contributed by atoms with Crippen molar-refractivity contribution >= 4 is 28.4 Å². The molecule has 0 saturated carbocycles. The highest BCUT2D eigenvalue weighted by Crippen LogP contribution is 2.37. The number of para-hydroxylation sites is 2. The van der Waals surface area contributed by atoms with Crippen LogP contribution < -0.4 is 4.74 Å². The van der Waals surface area contributed by atoms with Crippen molar-refractivity contribution < 1.29 is 13.9 Å². The summed E-state index contributed by atoms with van der Waals surface area (Å²) in [5.41, 5.74) is 1.46. The lowest BCUT2D eigenvalue weighted by atomic mass is 9.95. The van der Waals surface area contributed by atoms with E-state index in [2.05, 4.69) is 0 Å². The molecule has 0 N–H and O–H groups in total. The molecule has 104 valence electrons. The van der Waals surface area contributed by atoms with Gasteiger partial charge in [0.25, 0.3) is 0 Å². The molecule has 1 aliphatic rings. The number of furan rings is 1. The van der Waals surface area contributed by atoms with Crippen LogP contribution >= 0.6 is 11.6 Å². The Hall–Kier alpha value is -2.26. The Morgan fingerprint density at radius 2 is 2.00 bits per heavy atom. The third kappa shape index (κ3) is 1.93. The van der Waals surface area contributed by atoms with Crippen LogP contribution in [0.2, 0.25) is 5.02 Å². The number of hydrogen-bond donors (Lipinski definition) is 0. The van der Waals surface area contributed by atoms with E-state index in [0.717, 1.165) is 16.7 Å². The van der Waals surface area contributed by atoms with Crippen molar-refractivity contribution in [1.29, 1.82) is 0 Å². The lowest BCUT2D eigenvalue weighted by Gasteiger charge is -2.04. The molecule has 0 radical (unpaired) electrons. The molecule has 3 nitrogen and oxygen atoms in total. The van der Waals surface area contributed by atoms with Crippen LogP contribution in [-0.4, -0.2) is 12.4 Å². The average molecular weight is 299 g/mol. The summed E-state index contributed by atoms with van der Waals surface area (Å²) < 4.78 is 11.2. The Labute approximate surface area is 126 Å². The molecule has 21 heavy (non-hydrogen) atoms. The molecule has 4 heteroatoms. The molecule has 0 amide bonds. The zero-order chi connectivity index (χ0) is 14.4. The molecule has 1 aliphatic heterocycles. The molecule has 1 aromatic heterocycles. The first kappa shape index (κ1) is 12.5. The highest BCUT2D eigenvalue weighted by Gasteiger charge is 2.32. The van der Waals surface area contributed by atoms with E-state index in [1.54, 1.807) is 12.1 Å². The van der Waals surface area contributed by atoms with Crippen LogP contribution in [0.15, 0.2) is 52.9 Å². The van der Waals surface area contributed by atoms with Gasteiger partial charge in [-0.05, 0) is 18.2 Å². The zero-order valence-electron chi connectivity index (χ0n) is 11.0. The topological polar surface area (TPSA) is 39.4 Å². The van der Waals surface area contributed by atoms with Gasteiger partial charge in [0, 0.05) is 10.9 Å². The van der Waals surface area contributed by atoms with E-state index in [1.807, 2.05) is 36.4 Å². The maximum absolute atomic E-state index is 12.7. The second-order valence-corrected chi connectivity index (χ2v) is 5.44. The minimum absolute atomic E-state index is 0.0767. The summed E-state index contributed by atoms with van der Waals surface area (Å²) in [7, 11) is 0. The molecule has 2 heterocycles. The molecular weight excluding hydrogens is 288 g/mol. The fourth-order valence-electron chi connectivity index (χ4n) is 2.70. The van der Waals surface area contributed by atoms with Gasteiger partial charge in [-0.25, -0.2) is 0 Å². The predicted molar refractivity (Wildman–Crippen MR) is 80.2 cm³/mol. The molecule has 0 saturated heterocycles. The fourth-order valence-corrected chi connectivity index (χ4v) is 2.92. The monoisotopic (exact) mass is 298 g/mol. The number of hydrogen-bond acceptors (Lipinski definition) is 3. The highest BCUT2D eigenvalue weighted by molar-refractivity contribution is 6.34. The van der Waals surface area contributed by atoms with Gasteiger partial charge >= 0.3 is 0 Å². The van der Waals surface area contributed by atoms with Crippen molar-refractivity contribution in [3.8, 4) is 5.75 Å². The largest absolute Gasteiger partial charge is 0.492 e. The molecule has 3 aromatic rings. The number of ether oxygens (including phenoxy) is 1. The van der Waals surface area contributed by atoms with Gasteiger partial charge in [0.05, 0.1) is 10.9 Å². The molecule has 0 spiro atoms. The van der Waals surface area contributed by atoms with E-state index in [9.17, 15) is 4.79 Å². The van der Waals surface area contributed by atoms with Crippen LogP contribution in [0, 0.1) is 0 Å². The van der Waals surface area contributed by atoms with Gasteiger partial charge in [0.15, 0.2) is 11.3 Å². The zero-order valence-corrected chi connectivity index (χ0v) is 11.8. The van der Waals surface area contributed by atoms with E-state index >= 15 is 0 Å². The molecule has 0 bridgehead atoms. The van der Waals surface area contributed by atoms with Crippen LogP contribution in [-0.2, 0) is 0 Å². The molecule has 1 atom stereocenters. The Morgan fingerprint density at radius 3 is 2.86 bits per heavy atom. The number of halogens is 1. The first-order valence-corrected chi connectivity index (χ1v) is 7.06. The van der Waals surface area contributed by atoms with Gasteiger partial charge in [0.2, 0.25) is 5.78 Å². The van der Waals surface area contributed by atoms with Gasteiger partial charge in [0.1, 0.15) is 12.4 Å². The third-order valence-electron chi connectivity index (χ3n) is 3.76. The summed E-state index contributed by atoms with van der Waals surface area (Å²) in [6.07, 6.45) is 0. The van der Waals surface area contributed by atoms with E-state index in [4.69, 9.17) is 20.8 Å². The second-order valence-electron chi connectivity index (χ2n) is 5.03. The van der Waals surface area contributed by atoms with Crippen LogP contribution in [0.4, 0.5) is 0 Å². The maximum atomic E-state index is 12.7. The third-order valence-corrected chi connectivity index (χ3v) is 4.05. The fraction of sp³-hybridized carbons (Fsp3) is 0.118. The van der Waals surface area contributed by atoms with E-state index < -0.39 is 0 Å². The smallest absolute Gasteiger partial charge is 0.209 e. The summed E-state index contributed by atoms with van der Waals surface area (Å²) in [6.45, 7) is 0.350. The molecule has 0 fully saturated rings. The summed E-state index contributed by atoms with van der Waals surface area (Å²) in [6, 6.07) is 14.8. The lowest BCUT2D eigenvalue weighted by molar-refractivity contribution is 0.0922. The molecule has 4 rings (SSSR count). The van der Waals surface area contributed by atoms with Crippen molar-refractivity contribution in [2.45, 2.75) is 5.92 Å². The summed E-state index contributed by atoms with van der Waals surface area (Å²) >= 11 is 6.09. The Morgan fingerprint density at radius 1 is 1.14 bits per heavy atom. The van der Waals surface area contributed by atoms with Crippen molar-refractivity contribution in [3.05, 3.63) is 64.9 Å². The predicted octanol–water partition coefficient (Wildman–Crippen LogP) is 4.45. The first-order chi connectivity index (χ1) is 10.2. The SMILES string of the molecule is O=C(c1cc2cccc(Cl)c2o1)C1COc2ccccc21. The van der Waals surface area contributed by atoms with E-state index in [0.29, 0.717) is 23.0 Å². The molecule has 1 unspecified atom stereocenters. The summed E-state index contributed by atoms with van der Waals surface area (Å²) in [5.74, 6) is 0.696. The van der Waals surface area contributed by atoms with Gasteiger partial charge < -0.3 is 9.15 Å². The number of rotatable bonds is 2. The van der Waals surface area contributed by atoms with Gasteiger partial charge in [-0.3, -0.25) is 4.79 Å². The van der Waals surface area contributed by atoms with Gasteiger partial charge in [-0.2, -0.15) is 0 Å². The van der Waals surface area contributed by atoms with Crippen molar-refractivity contribution in [2.75, 3.05) is 6.61 Å². The average Bonchev–Trinajstić information content (AvgIpc) is 3.11. The normalized spacial score (nSPS) is 16.7. The van der Waals surface area contributed by atoms with Gasteiger partial charge in [-0.1, -0.05) is 41.9 Å². The number of Topliss-reactive ketones (excluding diaryl/α,β-unsaturated/α-hetero) is 1. The lowest BCUT2D eigenvalue weighted by Crippen LogP contribution is -2.13. The number of benzene rings is 2. The minimum Gasteiger partial charge on any atom is -0.492 e. The van der Waals surface area contributed by atoms with Crippen LogP contribution in [0.5, 0.6) is 5.75 Å². The molecule has 2 aromatic carbocycles. The first-order valence-electron chi connectivity index (χ1n) is 6.68. The van der Waals surface area contributed by atoms with E-state index in [1.165, 1.54) is 0 Å². The van der Waals surface area contributed by atoms with Crippen LogP contribution in [0.25, 0.3) is 11.0 Å². The highest BCUT2D eigenvalue weighted by atomic mass is 35.5. The Balaban J connectivity index is 1.76. The van der Waals surface area contributed by atoms with Crippen molar-refractivity contribution in [1.82, 2.24) is 0 Å². The van der Waals surface area contributed by atoms with Crippen molar-refractivity contribution in [2.24, 2.45) is 0 Å². The molecular formula is C17H11ClO3. The van der Waals surface area contributed by atoms with Crippen molar-refractivity contribution in [3.63, 3.8) is 0 Å². The number of ketones is 1. The van der Waals surface area contributed by atoms with Crippen LogP contribution in [0.3, 0.4) is 0 Å². The van der Waals surface area contributed by atoms with Gasteiger partial charge in [-0.15, -0.1) is 0 Å². The standard InChI is InChI=1S/C17H11ClO3/c18-13-6-3-4-10-8-15(21-17(10)13)16(19)12-9-20-14-7-2-1-5-11(12)14/h1-8,12H,9H2. The molecule has 0 aliphatic carbocycles. The number of carbonyl (C=O) groups is 1. The number of fused-ring (bicyclic) bond motifs is 2. The Kier molecular flexibility index (Phi) is 2.76. The number of carbonyl (C=O) groups excluding carboxylic acids is 1. The Bertz CT molecular complexity index is 850. The maximum Gasteiger partial charge on any atom is 0.209 e. The quantitative estimate of drug-likeness (QED) is 0.656. The minimum atomic E-state index is -0.319. The summed E-state index contributed by atoms with van der Waals surface area (Å²) in [4.78, 5) is 12.7. The van der Waals surface area contributed by atoms with Crippen LogP contribution in [0.1, 0.15) is 22.0 Å². The second kappa shape index (κ2) is 4.64. The van der Waals surface area contributed by atoms with E-state index in [-0.39, 0.29) is 11.7 Å². The summed E-state index contributed by atoms with van der Waals surface area (Å²) in [5, 5.41) is 1.34.